The van der Waals surface area contributed by atoms with Crippen molar-refractivity contribution in [2.24, 2.45) is 0 Å². The molecule has 0 saturated carbocycles. The van der Waals surface area contributed by atoms with Gasteiger partial charge in [-0.05, 0) is 41.5 Å². The zero-order valence-electron chi connectivity index (χ0n) is 29.8. The molecule has 0 saturated heterocycles. The van der Waals surface area contributed by atoms with Gasteiger partial charge in [0.05, 0.1) is 21.5 Å². The molecule has 0 N–H and O–H groups in total. The Labute approximate surface area is 325 Å². The van der Waals surface area contributed by atoms with Gasteiger partial charge in [0.15, 0.2) is 23.3 Å². The Morgan fingerprint density at radius 1 is 0.375 bits per heavy atom. The van der Waals surface area contributed by atoms with Gasteiger partial charge in [-0.15, -0.1) is 11.3 Å². The second kappa shape index (κ2) is 13.2. The van der Waals surface area contributed by atoms with E-state index in [9.17, 15) is 0 Å². The van der Waals surface area contributed by atoms with Gasteiger partial charge < -0.3 is 4.42 Å². The molecule has 11 rings (SSSR count). The number of rotatable bonds is 6. The fourth-order valence-corrected chi connectivity index (χ4v) is 8.59. The van der Waals surface area contributed by atoms with Crippen molar-refractivity contribution < 1.29 is 4.42 Å². The molecule has 11 aromatic rings. The number of fused-ring (bicyclic) bond motifs is 6. The number of benzene rings is 7. The third-order valence-corrected chi connectivity index (χ3v) is 11.3. The molecule has 0 amide bonds. The van der Waals surface area contributed by atoms with Gasteiger partial charge in [0, 0.05) is 43.1 Å². The normalized spacial score (nSPS) is 11.6. The number of furan rings is 1. The molecular formula is C49H29N5OS. The first-order valence-electron chi connectivity index (χ1n) is 18.4. The number of para-hydroxylation sites is 1. The average Bonchev–Trinajstić information content (AvgIpc) is 3.85. The van der Waals surface area contributed by atoms with Crippen LogP contribution in [-0.4, -0.2) is 24.9 Å². The predicted molar refractivity (Wildman–Crippen MR) is 228 cm³/mol. The summed E-state index contributed by atoms with van der Waals surface area (Å²) >= 11 is 1.73. The van der Waals surface area contributed by atoms with Crippen molar-refractivity contribution in [1.82, 2.24) is 24.9 Å². The van der Waals surface area contributed by atoms with Gasteiger partial charge >= 0.3 is 0 Å². The fraction of sp³-hybridized carbons (Fsp3) is 0. The Kier molecular flexibility index (Phi) is 7.57. The molecule has 0 aliphatic heterocycles. The highest BCUT2D eigenvalue weighted by molar-refractivity contribution is 7.26. The number of aromatic nitrogens is 5. The largest absolute Gasteiger partial charge is 0.455 e. The van der Waals surface area contributed by atoms with Gasteiger partial charge in [-0.1, -0.05) is 146 Å². The van der Waals surface area contributed by atoms with Gasteiger partial charge in [-0.25, -0.2) is 24.9 Å². The van der Waals surface area contributed by atoms with Crippen molar-refractivity contribution in [2.45, 2.75) is 0 Å². The number of nitrogens with zero attached hydrogens (tertiary/aromatic N) is 5. The molecular weight excluding hydrogens is 707 g/mol. The third kappa shape index (κ3) is 5.52. The van der Waals surface area contributed by atoms with Crippen LogP contribution in [0.3, 0.4) is 0 Å². The molecule has 0 aliphatic carbocycles. The second-order valence-electron chi connectivity index (χ2n) is 13.7. The number of thiophene rings is 1. The summed E-state index contributed by atoms with van der Waals surface area (Å²) in [6.45, 7) is 0. The quantitative estimate of drug-likeness (QED) is 0.169. The maximum Gasteiger partial charge on any atom is 0.164 e. The SMILES string of the molecule is c1ccc(-c2cccc(-c3nc(-c4cccc5c4oc4cc(-c6nc(-c7ccccc7)nc(-c7ccccc7)n6)ccc45)nc4c3sc3ccccc34)c2)cc1. The molecule has 0 radical (unpaired) electrons. The number of hydrogen-bond acceptors (Lipinski definition) is 7. The molecule has 0 atom stereocenters. The highest BCUT2D eigenvalue weighted by Crippen LogP contribution is 2.42. The molecule has 6 nitrogen and oxygen atoms in total. The van der Waals surface area contributed by atoms with Crippen LogP contribution in [0.25, 0.3) is 110 Å². The Bertz CT molecular complexity index is 3190. The second-order valence-corrected chi connectivity index (χ2v) is 14.7. The van der Waals surface area contributed by atoms with E-state index in [4.69, 9.17) is 29.3 Å². The van der Waals surface area contributed by atoms with Crippen molar-refractivity contribution in [3.05, 3.63) is 176 Å². The van der Waals surface area contributed by atoms with Crippen LogP contribution >= 0.6 is 11.3 Å². The Morgan fingerprint density at radius 3 is 1.70 bits per heavy atom. The molecule has 0 bridgehead atoms. The average molecular weight is 736 g/mol. The first-order valence-corrected chi connectivity index (χ1v) is 19.2. The van der Waals surface area contributed by atoms with Crippen LogP contribution in [-0.2, 0) is 0 Å². The summed E-state index contributed by atoms with van der Waals surface area (Å²) in [5.41, 5.74) is 10.1. The topological polar surface area (TPSA) is 77.6 Å². The highest BCUT2D eigenvalue weighted by Gasteiger charge is 2.21. The zero-order chi connectivity index (χ0) is 37.0. The van der Waals surface area contributed by atoms with Crippen LogP contribution in [0.2, 0.25) is 0 Å². The zero-order valence-corrected chi connectivity index (χ0v) is 30.6. The van der Waals surface area contributed by atoms with Crippen LogP contribution in [0.15, 0.2) is 180 Å². The number of hydrogen-bond donors (Lipinski definition) is 0. The minimum Gasteiger partial charge on any atom is -0.455 e. The summed E-state index contributed by atoms with van der Waals surface area (Å²) in [6, 6.07) is 59.9. The van der Waals surface area contributed by atoms with Crippen LogP contribution in [0.5, 0.6) is 0 Å². The van der Waals surface area contributed by atoms with Crippen molar-refractivity contribution in [3.63, 3.8) is 0 Å². The molecule has 0 aliphatic rings. The van der Waals surface area contributed by atoms with E-state index in [1.54, 1.807) is 11.3 Å². The van der Waals surface area contributed by atoms with Gasteiger partial charge in [0.1, 0.15) is 11.2 Å². The molecule has 262 valence electrons. The molecule has 7 aromatic carbocycles. The van der Waals surface area contributed by atoms with E-state index in [-0.39, 0.29) is 0 Å². The lowest BCUT2D eigenvalue weighted by molar-refractivity contribution is 0.669. The van der Waals surface area contributed by atoms with Gasteiger partial charge in [-0.3, -0.25) is 0 Å². The van der Waals surface area contributed by atoms with Crippen LogP contribution in [0.1, 0.15) is 0 Å². The first kappa shape index (κ1) is 32.1. The van der Waals surface area contributed by atoms with Gasteiger partial charge in [-0.2, -0.15) is 0 Å². The fourth-order valence-electron chi connectivity index (χ4n) is 7.43. The molecule has 4 aromatic heterocycles. The molecule has 7 heteroatoms. The summed E-state index contributed by atoms with van der Waals surface area (Å²) in [5, 5.41) is 3.09. The molecule has 0 unspecified atom stereocenters. The van der Waals surface area contributed by atoms with E-state index in [2.05, 4.69) is 103 Å². The predicted octanol–water partition coefficient (Wildman–Crippen LogP) is 12.9. The van der Waals surface area contributed by atoms with E-state index in [1.165, 1.54) is 4.70 Å². The van der Waals surface area contributed by atoms with Gasteiger partial charge in [0.2, 0.25) is 0 Å². The first-order chi connectivity index (χ1) is 27.7. The molecule has 0 spiro atoms. The molecule has 4 heterocycles. The summed E-state index contributed by atoms with van der Waals surface area (Å²) in [5.74, 6) is 2.41. The lowest BCUT2D eigenvalue weighted by atomic mass is 10.0. The van der Waals surface area contributed by atoms with E-state index >= 15 is 0 Å². The van der Waals surface area contributed by atoms with E-state index in [0.717, 1.165) is 82.2 Å². The van der Waals surface area contributed by atoms with E-state index in [0.29, 0.717) is 23.3 Å². The van der Waals surface area contributed by atoms with E-state index < -0.39 is 0 Å². The Balaban J connectivity index is 1.08. The summed E-state index contributed by atoms with van der Waals surface area (Å²) in [4.78, 5) is 25.4. The summed E-state index contributed by atoms with van der Waals surface area (Å²) in [6.07, 6.45) is 0. The lowest BCUT2D eigenvalue weighted by Crippen LogP contribution is -2.00. The Hall–Kier alpha value is -7.35. The standard InChI is InChI=1S/C49H29N5OS/c1-4-14-30(15-5-1)33-20-12-21-34(28-33)42-45-43(38-22-10-11-25-41(38)56-45)51-49(50-42)39-24-13-23-37-36-27-26-35(29-40(36)55-44(37)39)48-53-46(31-16-6-2-7-17-31)52-47(54-48)32-18-8-3-9-19-32/h1-29H. The van der Waals surface area contributed by atoms with Crippen molar-refractivity contribution in [1.29, 1.82) is 0 Å². The van der Waals surface area contributed by atoms with Crippen molar-refractivity contribution in [3.8, 4) is 67.9 Å². The summed E-state index contributed by atoms with van der Waals surface area (Å²) < 4.78 is 9.02. The monoisotopic (exact) mass is 735 g/mol. The van der Waals surface area contributed by atoms with Crippen LogP contribution < -0.4 is 0 Å². The molecule has 0 fully saturated rings. The van der Waals surface area contributed by atoms with E-state index in [1.807, 2.05) is 72.8 Å². The van der Waals surface area contributed by atoms with Crippen LogP contribution in [0, 0.1) is 0 Å². The van der Waals surface area contributed by atoms with Crippen molar-refractivity contribution >= 4 is 53.6 Å². The third-order valence-electron chi connectivity index (χ3n) is 10.2. The summed E-state index contributed by atoms with van der Waals surface area (Å²) in [7, 11) is 0. The molecule has 56 heavy (non-hydrogen) atoms. The Morgan fingerprint density at radius 2 is 0.964 bits per heavy atom. The smallest absolute Gasteiger partial charge is 0.164 e. The van der Waals surface area contributed by atoms with Crippen LogP contribution in [0.4, 0.5) is 0 Å². The minimum absolute atomic E-state index is 0.570. The highest BCUT2D eigenvalue weighted by atomic mass is 32.1. The van der Waals surface area contributed by atoms with Crippen molar-refractivity contribution in [2.75, 3.05) is 0 Å². The minimum atomic E-state index is 0.570. The van der Waals surface area contributed by atoms with Gasteiger partial charge in [0.25, 0.3) is 0 Å². The lowest BCUT2D eigenvalue weighted by Gasteiger charge is -2.09. The maximum absolute atomic E-state index is 6.78. The maximum atomic E-state index is 6.78.